The molecule has 0 aromatic heterocycles. The van der Waals surface area contributed by atoms with Gasteiger partial charge in [-0.15, -0.1) is 0 Å². The van der Waals surface area contributed by atoms with E-state index in [1.54, 1.807) is 13.8 Å². The van der Waals surface area contributed by atoms with Crippen molar-refractivity contribution in [3.63, 3.8) is 0 Å². The first-order valence-electron chi connectivity index (χ1n) is 6.06. The lowest BCUT2D eigenvalue weighted by Crippen LogP contribution is -2.12. The summed E-state index contributed by atoms with van der Waals surface area (Å²) in [7, 11) is 1.31. The van der Waals surface area contributed by atoms with Crippen LogP contribution in [0.5, 0.6) is 0 Å². The van der Waals surface area contributed by atoms with Crippen molar-refractivity contribution in [3.8, 4) is 0 Å². The third-order valence-electron chi connectivity index (χ3n) is 1.84. The highest BCUT2D eigenvalue weighted by atomic mass is 32.1. The molecule has 0 aliphatic rings. The zero-order valence-electron chi connectivity index (χ0n) is 12.7. The van der Waals surface area contributed by atoms with Crippen LogP contribution in [0.2, 0.25) is 0 Å². The molecule has 0 N–H and O–H groups in total. The maximum absolute atomic E-state index is 11.0. The summed E-state index contributed by atoms with van der Waals surface area (Å²) >= 11 is 7.55. The second-order valence-corrected chi connectivity index (χ2v) is 3.93. The molecule has 0 bridgehead atoms. The lowest BCUT2D eigenvalue weighted by Gasteiger charge is -2.10. The highest BCUT2D eigenvalue weighted by Gasteiger charge is 2.13. The van der Waals surface area contributed by atoms with Crippen LogP contribution in [0.15, 0.2) is 36.3 Å². The molecule has 0 radical (unpaired) electrons. The molecule has 0 aromatic carbocycles. The molecule has 0 aromatic rings. The number of methoxy groups -OCH3 is 1. The highest BCUT2D eigenvalue weighted by Crippen LogP contribution is 2.14. The Kier molecular flexibility index (Phi) is 14.7. The first-order chi connectivity index (χ1) is 10.4. The molecule has 0 saturated carbocycles. The van der Waals surface area contributed by atoms with Gasteiger partial charge in [0.2, 0.25) is 0 Å². The number of hydrogen-bond acceptors (Lipinski definition) is 8. The van der Waals surface area contributed by atoms with Crippen LogP contribution in [-0.2, 0) is 28.6 Å². The van der Waals surface area contributed by atoms with Crippen LogP contribution in [0, 0.1) is 0 Å². The predicted molar refractivity (Wildman–Crippen MR) is 89.6 cm³/mol. The van der Waals surface area contributed by atoms with Gasteiger partial charge in [0.05, 0.1) is 18.6 Å². The largest absolute Gasteiger partial charge is 0.466 e. The number of ether oxygens (including phenoxy) is 3. The fraction of sp³-hybridized carbons (Fsp3) is 0.357. The Morgan fingerprint density at radius 2 is 1.32 bits per heavy atom. The van der Waals surface area contributed by atoms with Gasteiger partial charge in [-0.25, -0.2) is 4.79 Å². The number of hydrogen-bond donors (Lipinski definition) is 2. The van der Waals surface area contributed by atoms with Gasteiger partial charge in [-0.2, -0.15) is 25.3 Å². The van der Waals surface area contributed by atoms with Gasteiger partial charge < -0.3 is 14.2 Å². The van der Waals surface area contributed by atoms with Crippen molar-refractivity contribution in [1.82, 2.24) is 0 Å². The number of carbonyl (C=O) groups excluding carboxylic acids is 3. The minimum absolute atomic E-state index is 0.0468. The molecule has 0 aliphatic heterocycles. The van der Waals surface area contributed by atoms with Crippen molar-refractivity contribution >= 4 is 43.2 Å². The zero-order chi connectivity index (χ0) is 17.5. The zero-order valence-corrected chi connectivity index (χ0v) is 14.5. The molecule has 6 nitrogen and oxygen atoms in total. The van der Waals surface area contributed by atoms with Gasteiger partial charge in [0.15, 0.2) is 11.5 Å². The third kappa shape index (κ3) is 11.0. The highest BCUT2D eigenvalue weighted by molar-refractivity contribution is 7.81. The molecule has 0 fully saturated rings. The number of rotatable bonds is 6. The molecule has 0 rings (SSSR count). The molecule has 8 heteroatoms. The second-order valence-electron chi connectivity index (χ2n) is 3.30. The van der Waals surface area contributed by atoms with E-state index in [1.807, 2.05) is 0 Å². The molecule has 0 spiro atoms. The Bertz CT molecular complexity index is 422. The van der Waals surface area contributed by atoms with Crippen molar-refractivity contribution < 1.29 is 28.6 Å². The Balaban J connectivity index is 0. The van der Waals surface area contributed by atoms with Crippen molar-refractivity contribution in [2.24, 2.45) is 0 Å². The van der Waals surface area contributed by atoms with E-state index in [0.29, 0.717) is 0 Å². The molecular weight excluding hydrogens is 328 g/mol. The standard InChI is InChI=1S/C10H14O4S2.C4H6O2/c1-3-7(13-9(11)5-15)8(4-2)14-10(12)6-16;1-3-4(5)6-2/h3-4,15-16H,5-6H2,1-2H3;3H,1H2,2H3. The van der Waals surface area contributed by atoms with E-state index < -0.39 is 17.9 Å². The molecule has 0 atom stereocenters. The lowest BCUT2D eigenvalue weighted by atomic mass is 10.3. The SMILES string of the molecule is C=CC(=O)OC.CC=C(OC(=O)CS)C(=CC)OC(=O)CS. The number of esters is 3. The van der Waals surface area contributed by atoms with Crippen LogP contribution in [0.1, 0.15) is 13.8 Å². The minimum atomic E-state index is -0.516. The van der Waals surface area contributed by atoms with Gasteiger partial charge in [-0.05, 0) is 26.0 Å². The van der Waals surface area contributed by atoms with Crippen LogP contribution in [0.25, 0.3) is 0 Å². The normalized spacial score (nSPS) is 10.8. The van der Waals surface area contributed by atoms with Gasteiger partial charge >= 0.3 is 17.9 Å². The number of allylic oxidation sites excluding steroid dienone is 2. The van der Waals surface area contributed by atoms with Gasteiger partial charge in [-0.1, -0.05) is 6.58 Å². The predicted octanol–water partition coefficient (Wildman–Crippen LogP) is 2.09. The summed E-state index contributed by atoms with van der Waals surface area (Å²) in [4.78, 5) is 31.9. The van der Waals surface area contributed by atoms with Gasteiger partial charge in [0, 0.05) is 6.08 Å². The summed E-state index contributed by atoms with van der Waals surface area (Å²) < 4.78 is 14.0. The Labute approximate surface area is 141 Å². The smallest absolute Gasteiger partial charge is 0.329 e. The van der Waals surface area contributed by atoms with Crippen LogP contribution < -0.4 is 0 Å². The summed E-state index contributed by atoms with van der Waals surface area (Å²) in [5.41, 5.74) is 0. The molecule has 22 heavy (non-hydrogen) atoms. The van der Waals surface area contributed by atoms with Crippen molar-refractivity contribution in [2.75, 3.05) is 18.6 Å². The quantitative estimate of drug-likeness (QED) is 0.191. The molecule has 0 amide bonds. The lowest BCUT2D eigenvalue weighted by molar-refractivity contribution is -0.140. The average Bonchev–Trinajstić information content (AvgIpc) is 2.56. The molecule has 0 heterocycles. The van der Waals surface area contributed by atoms with E-state index in [9.17, 15) is 14.4 Å². The van der Waals surface area contributed by atoms with E-state index in [2.05, 4.69) is 36.6 Å². The topological polar surface area (TPSA) is 78.9 Å². The fourth-order valence-electron chi connectivity index (χ4n) is 0.896. The number of carbonyl (C=O) groups is 3. The van der Waals surface area contributed by atoms with Crippen molar-refractivity contribution in [3.05, 3.63) is 36.3 Å². The summed E-state index contributed by atoms with van der Waals surface area (Å²) in [6.07, 6.45) is 4.17. The van der Waals surface area contributed by atoms with E-state index in [-0.39, 0.29) is 23.0 Å². The van der Waals surface area contributed by atoms with E-state index in [1.165, 1.54) is 19.3 Å². The van der Waals surface area contributed by atoms with E-state index >= 15 is 0 Å². The molecular formula is C14H20O6S2. The van der Waals surface area contributed by atoms with E-state index in [4.69, 9.17) is 9.47 Å². The average molecular weight is 348 g/mol. The first kappa shape index (κ1) is 22.6. The second kappa shape index (κ2) is 14.3. The molecule has 0 aliphatic carbocycles. The van der Waals surface area contributed by atoms with Gasteiger partial charge in [-0.3, -0.25) is 9.59 Å². The van der Waals surface area contributed by atoms with Crippen molar-refractivity contribution in [1.29, 1.82) is 0 Å². The monoisotopic (exact) mass is 348 g/mol. The Morgan fingerprint density at radius 1 is 0.955 bits per heavy atom. The molecule has 124 valence electrons. The fourth-order valence-corrected chi connectivity index (χ4v) is 1.03. The van der Waals surface area contributed by atoms with Crippen LogP contribution in [0.4, 0.5) is 0 Å². The molecule has 0 saturated heterocycles. The summed E-state index contributed by atoms with van der Waals surface area (Å²) in [6.45, 7) is 6.49. The maximum atomic E-state index is 11.0. The van der Waals surface area contributed by atoms with Crippen LogP contribution >= 0.6 is 25.3 Å². The van der Waals surface area contributed by atoms with Gasteiger partial charge in [0.25, 0.3) is 0 Å². The first-order valence-corrected chi connectivity index (χ1v) is 7.32. The maximum Gasteiger partial charge on any atom is 0.329 e. The van der Waals surface area contributed by atoms with Crippen molar-refractivity contribution in [2.45, 2.75) is 13.8 Å². The van der Waals surface area contributed by atoms with E-state index in [0.717, 1.165) is 6.08 Å². The minimum Gasteiger partial charge on any atom is -0.466 e. The summed E-state index contributed by atoms with van der Waals surface area (Å²) in [6, 6.07) is 0. The Morgan fingerprint density at radius 3 is 1.45 bits per heavy atom. The van der Waals surface area contributed by atoms with Gasteiger partial charge in [0.1, 0.15) is 0 Å². The van der Waals surface area contributed by atoms with Crippen LogP contribution in [-0.4, -0.2) is 36.5 Å². The number of thiol groups is 2. The summed E-state index contributed by atoms with van der Waals surface area (Å²) in [5, 5.41) is 0. The third-order valence-corrected chi connectivity index (χ3v) is 2.36. The summed E-state index contributed by atoms with van der Waals surface area (Å²) in [5.74, 6) is -1.14. The molecule has 0 unspecified atom stereocenters. The Hall–Kier alpha value is -1.67. The van der Waals surface area contributed by atoms with Crippen LogP contribution in [0.3, 0.4) is 0 Å².